The largest absolute Gasteiger partial charge is 0.495 e. The molecule has 0 heterocycles. The molecule has 84 valence electrons. The second kappa shape index (κ2) is 4.26. The molecular formula is C8H10ClNO4S. The second-order valence-corrected chi connectivity index (χ2v) is 4.62. The van der Waals surface area contributed by atoms with Crippen molar-refractivity contribution in [1.82, 2.24) is 0 Å². The molecular weight excluding hydrogens is 242 g/mol. The summed E-state index contributed by atoms with van der Waals surface area (Å²) in [7, 11) is -1.11. The molecule has 1 rings (SSSR count). The van der Waals surface area contributed by atoms with Crippen molar-refractivity contribution in [2.75, 3.05) is 14.2 Å². The Bertz CT molecular complexity index is 472. The molecule has 15 heavy (non-hydrogen) atoms. The van der Waals surface area contributed by atoms with Crippen molar-refractivity contribution in [3.05, 3.63) is 17.2 Å². The van der Waals surface area contributed by atoms with Crippen LogP contribution in [0.2, 0.25) is 5.02 Å². The van der Waals surface area contributed by atoms with Gasteiger partial charge in [-0.05, 0) is 6.07 Å². The Balaban J connectivity index is 3.48. The van der Waals surface area contributed by atoms with Crippen LogP contribution >= 0.6 is 11.6 Å². The van der Waals surface area contributed by atoms with E-state index in [0.29, 0.717) is 5.75 Å². The van der Waals surface area contributed by atoms with Crippen LogP contribution in [0.15, 0.2) is 17.0 Å². The summed E-state index contributed by atoms with van der Waals surface area (Å²) in [6, 6.07) is 2.55. The fraction of sp³-hybridized carbons (Fsp3) is 0.250. The normalized spacial score (nSPS) is 11.2. The van der Waals surface area contributed by atoms with Crippen LogP contribution < -0.4 is 14.6 Å². The predicted molar refractivity (Wildman–Crippen MR) is 55.9 cm³/mol. The monoisotopic (exact) mass is 251 g/mol. The SMILES string of the molecule is COc1cc(OC)c(S(N)(=O)=O)cc1Cl. The van der Waals surface area contributed by atoms with Crippen molar-refractivity contribution in [2.24, 2.45) is 5.14 Å². The number of rotatable bonds is 3. The standard InChI is InChI=1S/C8H10ClNO4S/c1-13-6-4-7(14-2)8(3-5(6)9)15(10,11)12/h3-4H,1-2H3,(H2,10,11,12). The first-order chi connectivity index (χ1) is 6.90. The Morgan fingerprint density at radius 3 is 2.13 bits per heavy atom. The average Bonchev–Trinajstić information content (AvgIpc) is 2.16. The highest BCUT2D eigenvalue weighted by Gasteiger charge is 2.18. The maximum Gasteiger partial charge on any atom is 0.241 e. The Morgan fingerprint density at radius 1 is 1.20 bits per heavy atom. The summed E-state index contributed by atoms with van der Waals surface area (Å²) in [6.45, 7) is 0. The number of hydrogen-bond donors (Lipinski definition) is 1. The summed E-state index contributed by atoms with van der Waals surface area (Å²) >= 11 is 5.76. The molecule has 0 atom stereocenters. The Labute approximate surface area is 92.8 Å². The number of nitrogens with two attached hydrogens (primary N) is 1. The van der Waals surface area contributed by atoms with E-state index in [4.69, 9.17) is 26.2 Å². The fourth-order valence-corrected chi connectivity index (χ4v) is 2.07. The lowest BCUT2D eigenvalue weighted by atomic mass is 10.3. The minimum Gasteiger partial charge on any atom is -0.495 e. The molecule has 0 aliphatic rings. The van der Waals surface area contributed by atoms with Gasteiger partial charge in [0.15, 0.2) is 0 Å². The first-order valence-electron chi connectivity index (χ1n) is 3.84. The van der Waals surface area contributed by atoms with Gasteiger partial charge >= 0.3 is 0 Å². The zero-order valence-electron chi connectivity index (χ0n) is 8.15. The molecule has 0 aliphatic carbocycles. The lowest BCUT2D eigenvalue weighted by molar-refractivity contribution is 0.386. The number of benzene rings is 1. The van der Waals surface area contributed by atoms with Crippen molar-refractivity contribution >= 4 is 21.6 Å². The van der Waals surface area contributed by atoms with Crippen LogP contribution in [0.1, 0.15) is 0 Å². The van der Waals surface area contributed by atoms with Crippen molar-refractivity contribution in [1.29, 1.82) is 0 Å². The number of halogens is 1. The van der Waals surface area contributed by atoms with Gasteiger partial charge in [-0.1, -0.05) is 11.6 Å². The third kappa shape index (κ3) is 2.53. The summed E-state index contributed by atoms with van der Waals surface area (Å²) < 4.78 is 32.1. The number of methoxy groups -OCH3 is 2. The van der Waals surface area contributed by atoms with Gasteiger partial charge in [0.25, 0.3) is 0 Å². The zero-order chi connectivity index (χ0) is 11.6. The van der Waals surface area contributed by atoms with Gasteiger partial charge in [0.1, 0.15) is 16.4 Å². The van der Waals surface area contributed by atoms with Crippen LogP contribution in [0.25, 0.3) is 0 Å². The average molecular weight is 252 g/mol. The summed E-state index contributed by atoms with van der Waals surface area (Å²) in [6.07, 6.45) is 0. The minimum absolute atomic E-state index is 0.0961. The van der Waals surface area contributed by atoms with E-state index < -0.39 is 10.0 Å². The van der Waals surface area contributed by atoms with Crippen LogP contribution in [0.4, 0.5) is 0 Å². The molecule has 0 saturated heterocycles. The van der Waals surface area contributed by atoms with E-state index in [2.05, 4.69) is 0 Å². The van der Waals surface area contributed by atoms with Crippen LogP contribution in [-0.2, 0) is 10.0 Å². The third-order valence-corrected chi connectivity index (χ3v) is 2.97. The van der Waals surface area contributed by atoms with Gasteiger partial charge < -0.3 is 9.47 Å². The van der Waals surface area contributed by atoms with E-state index in [0.717, 1.165) is 0 Å². The predicted octanol–water partition coefficient (Wildman–Crippen LogP) is 1.00. The minimum atomic E-state index is -3.86. The maximum atomic E-state index is 11.2. The van der Waals surface area contributed by atoms with Gasteiger partial charge in [0, 0.05) is 6.07 Å². The molecule has 0 aromatic heterocycles. The molecule has 0 aliphatic heterocycles. The number of hydrogen-bond acceptors (Lipinski definition) is 4. The summed E-state index contributed by atoms with van der Waals surface area (Å²) in [5, 5.41) is 5.14. The van der Waals surface area contributed by atoms with E-state index in [1.54, 1.807) is 0 Å². The van der Waals surface area contributed by atoms with Gasteiger partial charge in [0.2, 0.25) is 10.0 Å². The van der Waals surface area contributed by atoms with Gasteiger partial charge in [-0.3, -0.25) is 0 Å². The van der Waals surface area contributed by atoms with Crippen LogP contribution in [0.5, 0.6) is 11.5 Å². The highest BCUT2D eigenvalue weighted by molar-refractivity contribution is 7.89. The van der Waals surface area contributed by atoms with Crippen LogP contribution in [0.3, 0.4) is 0 Å². The summed E-state index contributed by atoms with van der Waals surface area (Å²) in [5.74, 6) is 0.416. The number of ether oxygens (including phenoxy) is 2. The van der Waals surface area contributed by atoms with E-state index in [-0.39, 0.29) is 15.7 Å². The Hall–Kier alpha value is -0.980. The van der Waals surface area contributed by atoms with E-state index in [1.165, 1.54) is 26.4 Å². The molecule has 7 heteroatoms. The van der Waals surface area contributed by atoms with E-state index in [9.17, 15) is 8.42 Å². The highest BCUT2D eigenvalue weighted by atomic mass is 35.5. The van der Waals surface area contributed by atoms with Crippen molar-refractivity contribution in [3.63, 3.8) is 0 Å². The fourth-order valence-electron chi connectivity index (χ4n) is 1.05. The molecule has 0 radical (unpaired) electrons. The van der Waals surface area contributed by atoms with Crippen LogP contribution in [-0.4, -0.2) is 22.6 Å². The van der Waals surface area contributed by atoms with Gasteiger partial charge in [-0.25, -0.2) is 13.6 Å². The third-order valence-electron chi connectivity index (χ3n) is 1.74. The number of sulfonamides is 1. The van der Waals surface area contributed by atoms with Crippen molar-refractivity contribution in [3.8, 4) is 11.5 Å². The molecule has 0 saturated carbocycles. The lowest BCUT2D eigenvalue weighted by Gasteiger charge is -2.10. The number of primary sulfonamides is 1. The summed E-state index contributed by atoms with van der Waals surface area (Å²) in [4.78, 5) is -0.171. The molecule has 0 spiro atoms. The Kier molecular flexibility index (Phi) is 3.43. The van der Waals surface area contributed by atoms with Crippen LogP contribution in [0, 0.1) is 0 Å². The van der Waals surface area contributed by atoms with Crippen molar-refractivity contribution < 1.29 is 17.9 Å². The summed E-state index contributed by atoms with van der Waals surface area (Å²) in [5.41, 5.74) is 0. The molecule has 1 aromatic rings. The molecule has 0 unspecified atom stereocenters. The van der Waals surface area contributed by atoms with Crippen molar-refractivity contribution in [2.45, 2.75) is 4.90 Å². The van der Waals surface area contributed by atoms with E-state index in [1.807, 2.05) is 0 Å². The second-order valence-electron chi connectivity index (χ2n) is 2.68. The molecule has 0 amide bonds. The van der Waals surface area contributed by atoms with Gasteiger partial charge in [0.05, 0.1) is 19.2 Å². The first-order valence-corrected chi connectivity index (χ1v) is 5.77. The molecule has 0 bridgehead atoms. The quantitative estimate of drug-likeness (QED) is 0.869. The zero-order valence-corrected chi connectivity index (χ0v) is 9.72. The van der Waals surface area contributed by atoms with E-state index >= 15 is 0 Å². The maximum absolute atomic E-state index is 11.2. The molecule has 0 fully saturated rings. The molecule has 1 aromatic carbocycles. The first kappa shape index (κ1) is 12.1. The smallest absolute Gasteiger partial charge is 0.241 e. The lowest BCUT2D eigenvalue weighted by Crippen LogP contribution is -2.13. The topological polar surface area (TPSA) is 78.6 Å². The molecule has 5 nitrogen and oxygen atoms in total. The highest BCUT2D eigenvalue weighted by Crippen LogP contribution is 2.34. The van der Waals surface area contributed by atoms with Gasteiger partial charge in [-0.2, -0.15) is 0 Å². The molecule has 2 N–H and O–H groups in total. The van der Waals surface area contributed by atoms with Gasteiger partial charge in [-0.15, -0.1) is 0 Å². The Morgan fingerprint density at radius 2 is 1.73 bits per heavy atom.